The summed E-state index contributed by atoms with van der Waals surface area (Å²) in [5.74, 6) is -2.95. The normalized spacial score (nSPS) is 11.8. The number of furan rings is 1. The number of carbonyl (C=O) groups excluding carboxylic acids is 2. The molecule has 1 aromatic heterocycles. The van der Waals surface area contributed by atoms with Crippen molar-refractivity contribution in [1.29, 1.82) is 0 Å². The van der Waals surface area contributed by atoms with Gasteiger partial charge in [-0.2, -0.15) is 0 Å². The molecule has 17 heavy (non-hydrogen) atoms. The molecule has 7 nitrogen and oxygen atoms in total. The highest BCUT2D eigenvalue weighted by molar-refractivity contribution is 6.32. The zero-order valence-corrected chi connectivity index (χ0v) is 9.23. The number of carbonyl (C=O) groups is 3. The van der Waals surface area contributed by atoms with E-state index in [1.54, 1.807) is 0 Å². The van der Waals surface area contributed by atoms with Crippen LogP contribution in [0.25, 0.3) is 0 Å². The van der Waals surface area contributed by atoms with E-state index in [4.69, 9.17) is 22.4 Å². The quantitative estimate of drug-likeness (QED) is 0.687. The van der Waals surface area contributed by atoms with Gasteiger partial charge in [0.25, 0.3) is 5.91 Å². The molecule has 0 fully saturated rings. The van der Waals surface area contributed by atoms with Crippen LogP contribution in [-0.4, -0.2) is 28.9 Å². The molecule has 0 saturated carbocycles. The van der Waals surface area contributed by atoms with Crippen LogP contribution in [0.1, 0.15) is 16.8 Å². The van der Waals surface area contributed by atoms with Crippen LogP contribution in [-0.2, 0) is 9.59 Å². The largest absolute Gasteiger partial charge is 0.480 e. The highest BCUT2D eigenvalue weighted by atomic mass is 35.5. The van der Waals surface area contributed by atoms with E-state index in [2.05, 4.69) is 9.73 Å². The van der Waals surface area contributed by atoms with E-state index in [1.807, 2.05) is 0 Å². The summed E-state index contributed by atoms with van der Waals surface area (Å²) < 4.78 is 4.67. The van der Waals surface area contributed by atoms with Gasteiger partial charge in [-0.3, -0.25) is 9.59 Å². The van der Waals surface area contributed by atoms with Crippen molar-refractivity contribution >= 4 is 29.4 Å². The third-order valence-electron chi connectivity index (χ3n) is 1.87. The second kappa shape index (κ2) is 5.35. The molecule has 1 rings (SSSR count). The number of hydrogen-bond acceptors (Lipinski definition) is 4. The number of hydrogen-bond donors (Lipinski definition) is 3. The van der Waals surface area contributed by atoms with Gasteiger partial charge in [0, 0.05) is 0 Å². The summed E-state index contributed by atoms with van der Waals surface area (Å²) in [6.45, 7) is 0. The Morgan fingerprint density at radius 3 is 2.59 bits per heavy atom. The first-order valence-corrected chi connectivity index (χ1v) is 4.84. The molecule has 0 radical (unpaired) electrons. The number of aliphatic carboxylic acids is 1. The van der Waals surface area contributed by atoms with Crippen LogP contribution in [0.15, 0.2) is 16.7 Å². The molecule has 4 N–H and O–H groups in total. The summed E-state index contributed by atoms with van der Waals surface area (Å²) in [4.78, 5) is 32.9. The van der Waals surface area contributed by atoms with Gasteiger partial charge in [0.2, 0.25) is 11.1 Å². The van der Waals surface area contributed by atoms with Gasteiger partial charge in [0.05, 0.1) is 18.2 Å². The molecule has 0 aromatic carbocycles. The monoisotopic (exact) mass is 260 g/mol. The molecule has 0 aliphatic heterocycles. The molecule has 92 valence electrons. The van der Waals surface area contributed by atoms with E-state index in [-0.39, 0.29) is 10.8 Å². The number of amides is 2. The lowest BCUT2D eigenvalue weighted by Gasteiger charge is -2.11. The number of halogens is 1. The van der Waals surface area contributed by atoms with Gasteiger partial charge in [-0.1, -0.05) is 0 Å². The Kier molecular flexibility index (Phi) is 4.11. The molecule has 0 saturated heterocycles. The van der Waals surface area contributed by atoms with E-state index in [0.29, 0.717) is 0 Å². The molecule has 0 unspecified atom stereocenters. The maximum absolute atomic E-state index is 11.6. The number of carboxylic acid groups (broad SMARTS) is 1. The van der Waals surface area contributed by atoms with Gasteiger partial charge in [-0.25, -0.2) is 4.79 Å². The van der Waals surface area contributed by atoms with Gasteiger partial charge < -0.3 is 20.6 Å². The average Bonchev–Trinajstić information content (AvgIpc) is 2.62. The summed E-state index contributed by atoms with van der Waals surface area (Å²) in [6.07, 6.45) is 0.678. The molecular formula is C9H9ClN2O5. The molecule has 2 amide bonds. The Labute approximate surface area is 101 Å². The molecule has 8 heteroatoms. The van der Waals surface area contributed by atoms with Crippen molar-refractivity contribution in [3.05, 3.63) is 23.1 Å². The maximum atomic E-state index is 11.6. The van der Waals surface area contributed by atoms with Crippen LogP contribution in [0.3, 0.4) is 0 Å². The Bertz CT molecular complexity index is 456. The second-order valence-corrected chi connectivity index (χ2v) is 3.49. The van der Waals surface area contributed by atoms with Crippen LogP contribution >= 0.6 is 11.6 Å². The number of rotatable bonds is 5. The molecule has 0 bridgehead atoms. The number of carboxylic acids is 1. The fraction of sp³-hybridized carbons (Fsp3) is 0.222. The summed E-state index contributed by atoms with van der Waals surface area (Å²) in [5.41, 5.74) is 4.85. The van der Waals surface area contributed by atoms with E-state index in [0.717, 1.165) is 0 Å². The van der Waals surface area contributed by atoms with Gasteiger partial charge in [0.1, 0.15) is 6.04 Å². The number of nitrogens with one attached hydrogen (secondary N) is 1. The summed E-state index contributed by atoms with van der Waals surface area (Å²) in [5, 5.41) is 10.7. The van der Waals surface area contributed by atoms with Crippen molar-refractivity contribution in [2.45, 2.75) is 12.5 Å². The third kappa shape index (κ3) is 3.49. The van der Waals surface area contributed by atoms with Crippen molar-refractivity contribution in [2.24, 2.45) is 5.73 Å². The van der Waals surface area contributed by atoms with Crippen molar-refractivity contribution in [1.82, 2.24) is 5.32 Å². The van der Waals surface area contributed by atoms with Gasteiger partial charge in [-0.05, 0) is 17.7 Å². The zero-order chi connectivity index (χ0) is 13.0. The fourth-order valence-corrected chi connectivity index (χ4v) is 1.29. The van der Waals surface area contributed by atoms with Gasteiger partial charge in [0.15, 0.2) is 0 Å². The van der Waals surface area contributed by atoms with Crippen molar-refractivity contribution in [2.75, 3.05) is 0 Å². The first kappa shape index (κ1) is 13.0. The van der Waals surface area contributed by atoms with Crippen molar-refractivity contribution in [3.63, 3.8) is 0 Å². The molecule has 1 aromatic rings. The van der Waals surface area contributed by atoms with Gasteiger partial charge in [-0.15, -0.1) is 0 Å². The topological polar surface area (TPSA) is 123 Å². The smallest absolute Gasteiger partial charge is 0.326 e. The van der Waals surface area contributed by atoms with Crippen LogP contribution < -0.4 is 11.1 Å². The lowest BCUT2D eigenvalue weighted by atomic mass is 10.2. The second-order valence-electron chi connectivity index (χ2n) is 3.14. The standard InChI is InChI=1S/C9H9ClN2O5/c10-7-4(1-2-17-7)8(14)12-5(9(15)16)3-6(11)13/h1-2,5H,3H2,(H2,11,13)(H,12,14)(H,15,16)/t5-/m1/s1. The lowest BCUT2D eigenvalue weighted by Crippen LogP contribution is -2.43. The van der Waals surface area contributed by atoms with E-state index >= 15 is 0 Å². The highest BCUT2D eigenvalue weighted by Gasteiger charge is 2.24. The minimum absolute atomic E-state index is 0.0117. The van der Waals surface area contributed by atoms with E-state index in [9.17, 15) is 14.4 Å². The Morgan fingerprint density at radius 1 is 1.53 bits per heavy atom. The first-order valence-electron chi connectivity index (χ1n) is 4.46. The minimum Gasteiger partial charge on any atom is -0.480 e. The predicted molar refractivity (Wildman–Crippen MR) is 56.4 cm³/mol. The average molecular weight is 261 g/mol. The SMILES string of the molecule is NC(=O)C[C@@H](NC(=O)c1ccoc1Cl)C(=O)O. The molecule has 0 aliphatic carbocycles. The van der Waals surface area contributed by atoms with Crippen LogP contribution in [0, 0.1) is 0 Å². The highest BCUT2D eigenvalue weighted by Crippen LogP contribution is 2.16. The fourth-order valence-electron chi connectivity index (χ4n) is 1.09. The molecule has 1 heterocycles. The van der Waals surface area contributed by atoms with E-state index in [1.165, 1.54) is 12.3 Å². The summed E-state index contributed by atoms with van der Waals surface area (Å²) >= 11 is 5.54. The van der Waals surface area contributed by atoms with Crippen LogP contribution in [0.2, 0.25) is 5.22 Å². The van der Waals surface area contributed by atoms with Gasteiger partial charge >= 0.3 is 5.97 Å². The maximum Gasteiger partial charge on any atom is 0.326 e. The summed E-state index contributed by atoms with van der Waals surface area (Å²) in [7, 11) is 0. The predicted octanol–water partition coefficient (Wildman–Crippen LogP) is -0.00860. The van der Waals surface area contributed by atoms with Crippen molar-refractivity contribution < 1.29 is 23.9 Å². The third-order valence-corrected chi connectivity index (χ3v) is 2.16. The Morgan fingerprint density at radius 2 is 2.18 bits per heavy atom. The van der Waals surface area contributed by atoms with Crippen LogP contribution in [0.5, 0.6) is 0 Å². The Hall–Kier alpha value is -2.02. The zero-order valence-electron chi connectivity index (χ0n) is 8.47. The minimum atomic E-state index is -1.40. The molecule has 1 atom stereocenters. The van der Waals surface area contributed by atoms with Crippen molar-refractivity contribution in [3.8, 4) is 0 Å². The summed E-state index contributed by atoms with van der Waals surface area (Å²) in [6, 6.07) is -0.119. The number of nitrogens with two attached hydrogens (primary N) is 1. The lowest BCUT2D eigenvalue weighted by molar-refractivity contribution is -0.140. The molecular weight excluding hydrogens is 252 g/mol. The first-order chi connectivity index (χ1) is 7.91. The van der Waals surface area contributed by atoms with E-state index < -0.39 is 30.2 Å². The molecule has 0 spiro atoms. The molecule has 0 aliphatic rings. The Balaban J connectivity index is 2.74. The number of primary amides is 1. The van der Waals surface area contributed by atoms with Crippen LogP contribution in [0.4, 0.5) is 0 Å².